The lowest BCUT2D eigenvalue weighted by atomic mass is 10.4. The number of nitrogens with zero attached hydrogens (tertiary/aromatic N) is 2. The number of hydrogen-bond donors (Lipinski definition) is 4. The first-order valence-electron chi connectivity index (χ1n) is 4.47. The van der Waals surface area contributed by atoms with Gasteiger partial charge >= 0.3 is 0 Å². The Morgan fingerprint density at radius 2 is 2.25 bits per heavy atom. The predicted octanol–water partition coefficient (Wildman–Crippen LogP) is -0.708. The molecule has 0 aliphatic rings. The lowest BCUT2D eigenvalue weighted by Gasteiger charge is -2.05. The monoisotopic (exact) mass is 338 g/mol. The molecule has 0 bridgehead atoms. The van der Waals surface area contributed by atoms with Gasteiger partial charge in [-0.15, -0.1) is 24.0 Å². The van der Waals surface area contributed by atoms with Gasteiger partial charge in [-0.25, -0.2) is 0 Å². The fourth-order valence-corrected chi connectivity index (χ4v) is 0.923. The molecule has 0 atom stereocenters. The highest BCUT2D eigenvalue weighted by Crippen LogP contribution is 1.89. The number of guanidine groups is 1. The average Bonchev–Trinajstić information content (AvgIpc) is 2.77. The Kier molecular flexibility index (Phi) is 7.25. The van der Waals surface area contributed by atoms with Crippen LogP contribution >= 0.6 is 24.0 Å². The van der Waals surface area contributed by atoms with Gasteiger partial charge < -0.3 is 16.4 Å². The number of carbonyl (C=O) groups excluding carboxylic acids is 1. The zero-order valence-corrected chi connectivity index (χ0v) is 11.2. The van der Waals surface area contributed by atoms with Crippen molar-refractivity contribution in [2.75, 3.05) is 20.1 Å². The average molecular weight is 338 g/mol. The fraction of sp³-hybridized carbons (Fsp3) is 0.375. The Hall–Kier alpha value is -1.32. The van der Waals surface area contributed by atoms with Crippen molar-refractivity contribution in [3.05, 3.63) is 18.0 Å². The second kappa shape index (κ2) is 7.91. The lowest BCUT2D eigenvalue weighted by Crippen LogP contribution is -2.38. The molecule has 0 spiro atoms. The number of H-pyrrole nitrogens is 1. The van der Waals surface area contributed by atoms with Crippen LogP contribution in [0.3, 0.4) is 0 Å². The highest BCUT2D eigenvalue weighted by Gasteiger charge is 2.04. The molecule has 1 aromatic rings. The van der Waals surface area contributed by atoms with E-state index in [-0.39, 0.29) is 29.9 Å². The molecule has 0 radical (unpaired) electrons. The van der Waals surface area contributed by atoms with E-state index in [1.165, 1.54) is 6.20 Å². The van der Waals surface area contributed by atoms with Gasteiger partial charge in [0.05, 0.1) is 0 Å². The highest BCUT2D eigenvalue weighted by molar-refractivity contribution is 14.0. The van der Waals surface area contributed by atoms with Crippen LogP contribution < -0.4 is 16.4 Å². The van der Waals surface area contributed by atoms with Gasteiger partial charge in [-0.1, -0.05) is 0 Å². The van der Waals surface area contributed by atoms with Gasteiger partial charge in [0.2, 0.25) is 0 Å². The Bertz CT molecular complexity index is 336. The number of rotatable bonds is 4. The molecule has 1 rings (SSSR count). The minimum Gasteiger partial charge on any atom is -0.370 e. The van der Waals surface area contributed by atoms with Crippen molar-refractivity contribution < 1.29 is 4.79 Å². The van der Waals surface area contributed by atoms with E-state index in [0.29, 0.717) is 24.7 Å². The number of aromatic amines is 1. The number of halogens is 1. The fourth-order valence-electron chi connectivity index (χ4n) is 0.923. The maximum atomic E-state index is 11.3. The summed E-state index contributed by atoms with van der Waals surface area (Å²) in [4.78, 5) is 15.1. The van der Waals surface area contributed by atoms with Crippen molar-refractivity contribution in [3.63, 3.8) is 0 Å². The largest absolute Gasteiger partial charge is 0.370 e. The van der Waals surface area contributed by atoms with Gasteiger partial charge in [0.15, 0.2) is 5.96 Å². The van der Waals surface area contributed by atoms with Crippen molar-refractivity contribution in [1.29, 1.82) is 0 Å². The van der Waals surface area contributed by atoms with Crippen LogP contribution in [0.25, 0.3) is 0 Å². The Morgan fingerprint density at radius 1 is 1.56 bits per heavy atom. The first-order valence-corrected chi connectivity index (χ1v) is 4.47. The number of nitrogens with two attached hydrogens (primary N) is 1. The van der Waals surface area contributed by atoms with Crippen molar-refractivity contribution in [2.24, 2.45) is 10.7 Å². The van der Waals surface area contributed by atoms with Gasteiger partial charge in [-0.05, 0) is 6.07 Å². The summed E-state index contributed by atoms with van der Waals surface area (Å²) in [6.45, 7) is 0.997. The Morgan fingerprint density at radius 3 is 2.81 bits per heavy atom. The summed E-state index contributed by atoms with van der Waals surface area (Å²) in [5, 5.41) is 11.7. The SMILES string of the molecule is CN=C(N)NCCNC(=O)c1ccn[nH]1.I. The molecule has 5 N–H and O–H groups in total. The number of hydrogen-bond acceptors (Lipinski definition) is 3. The smallest absolute Gasteiger partial charge is 0.269 e. The third-order valence-corrected chi connectivity index (χ3v) is 1.70. The molecule has 90 valence electrons. The van der Waals surface area contributed by atoms with Gasteiger partial charge in [-0.2, -0.15) is 5.10 Å². The molecule has 7 nitrogen and oxygen atoms in total. The maximum Gasteiger partial charge on any atom is 0.269 e. The number of carbonyl (C=O) groups is 1. The molecule has 0 saturated carbocycles. The minimum absolute atomic E-state index is 0. The molecule has 0 unspecified atom stereocenters. The summed E-state index contributed by atoms with van der Waals surface area (Å²) in [5.41, 5.74) is 5.83. The van der Waals surface area contributed by atoms with Crippen LogP contribution in [0, 0.1) is 0 Å². The van der Waals surface area contributed by atoms with E-state index < -0.39 is 0 Å². The molecule has 0 fully saturated rings. The summed E-state index contributed by atoms with van der Waals surface area (Å²) in [7, 11) is 1.59. The third kappa shape index (κ3) is 4.96. The third-order valence-electron chi connectivity index (χ3n) is 1.70. The van der Waals surface area contributed by atoms with E-state index >= 15 is 0 Å². The summed E-state index contributed by atoms with van der Waals surface area (Å²) >= 11 is 0. The summed E-state index contributed by atoms with van der Waals surface area (Å²) in [5.74, 6) is 0.159. The van der Waals surface area contributed by atoms with E-state index in [1.54, 1.807) is 13.1 Å². The van der Waals surface area contributed by atoms with Crippen molar-refractivity contribution in [1.82, 2.24) is 20.8 Å². The van der Waals surface area contributed by atoms with Crippen LogP contribution in [0.2, 0.25) is 0 Å². The van der Waals surface area contributed by atoms with Crippen LogP contribution in [-0.2, 0) is 0 Å². The molecule has 0 saturated heterocycles. The summed E-state index contributed by atoms with van der Waals surface area (Å²) in [6.07, 6.45) is 1.52. The van der Waals surface area contributed by atoms with Gasteiger partial charge in [0.25, 0.3) is 5.91 Å². The molecule has 1 heterocycles. The second-order valence-electron chi connectivity index (χ2n) is 2.76. The summed E-state index contributed by atoms with van der Waals surface area (Å²) < 4.78 is 0. The molecule has 16 heavy (non-hydrogen) atoms. The van der Waals surface area contributed by atoms with Gasteiger partial charge in [0, 0.05) is 26.3 Å². The lowest BCUT2D eigenvalue weighted by molar-refractivity contribution is 0.0949. The quantitative estimate of drug-likeness (QED) is 0.252. The normalized spacial score (nSPS) is 10.4. The topological polar surface area (TPSA) is 108 Å². The molecule has 0 aliphatic carbocycles. The Labute approximate surface area is 110 Å². The molecule has 8 heteroatoms. The second-order valence-corrected chi connectivity index (χ2v) is 2.76. The van der Waals surface area contributed by atoms with E-state index in [2.05, 4.69) is 25.8 Å². The van der Waals surface area contributed by atoms with Crippen LogP contribution in [0.4, 0.5) is 0 Å². The number of aromatic nitrogens is 2. The number of aliphatic imine (C=N–C) groups is 1. The van der Waals surface area contributed by atoms with Crippen molar-refractivity contribution >= 4 is 35.8 Å². The highest BCUT2D eigenvalue weighted by atomic mass is 127. The van der Waals surface area contributed by atoms with E-state index in [9.17, 15) is 4.79 Å². The molecule has 0 aromatic carbocycles. The molecule has 0 aliphatic heterocycles. The zero-order chi connectivity index (χ0) is 11.1. The zero-order valence-electron chi connectivity index (χ0n) is 8.86. The van der Waals surface area contributed by atoms with E-state index in [0.717, 1.165) is 0 Å². The first kappa shape index (κ1) is 14.7. The first-order chi connectivity index (χ1) is 7.24. The van der Waals surface area contributed by atoms with Crippen LogP contribution in [0.5, 0.6) is 0 Å². The Balaban J connectivity index is 0.00000225. The molecule has 1 amide bonds. The van der Waals surface area contributed by atoms with E-state index in [1.807, 2.05) is 0 Å². The molecular weight excluding hydrogens is 323 g/mol. The van der Waals surface area contributed by atoms with E-state index in [4.69, 9.17) is 5.73 Å². The number of amides is 1. The standard InChI is InChI=1S/C8H14N6O.HI/c1-10-8(9)12-5-4-11-7(15)6-2-3-13-14-6;/h2-3H,4-5H2,1H3,(H,11,15)(H,13,14)(H3,9,10,12);1H. The predicted molar refractivity (Wildman–Crippen MR) is 71.9 cm³/mol. The van der Waals surface area contributed by atoms with Gasteiger partial charge in [-0.3, -0.25) is 14.9 Å². The minimum atomic E-state index is -0.193. The summed E-state index contributed by atoms with van der Waals surface area (Å²) in [6, 6.07) is 1.60. The van der Waals surface area contributed by atoms with Crippen LogP contribution in [0.15, 0.2) is 17.3 Å². The van der Waals surface area contributed by atoms with Crippen LogP contribution in [0.1, 0.15) is 10.5 Å². The van der Waals surface area contributed by atoms with Gasteiger partial charge in [0.1, 0.15) is 5.69 Å². The number of nitrogens with one attached hydrogen (secondary N) is 3. The van der Waals surface area contributed by atoms with Crippen molar-refractivity contribution in [3.8, 4) is 0 Å². The molecular formula is C8H15IN6O. The van der Waals surface area contributed by atoms with Crippen molar-refractivity contribution in [2.45, 2.75) is 0 Å². The maximum absolute atomic E-state index is 11.3. The van der Waals surface area contributed by atoms with Crippen LogP contribution in [-0.4, -0.2) is 42.2 Å². The molecule has 1 aromatic heterocycles.